The van der Waals surface area contributed by atoms with Gasteiger partial charge in [-0.3, -0.25) is 0 Å². The summed E-state index contributed by atoms with van der Waals surface area (Å²) < 4.78 is 0. The number of nitrogen functional groups attached to an aromatic ring is 3. The standard InChI is InChI=1S/C11H12N3/c1-6-9(13)5-10(14)7-3-2-4-8(12)11(6)7/h2-5H,1,12-14H2. The predicted molar refractivity (Wildman–Crippen MR) is 61.6 cm³/mol. The van der Waals surface area contributed by atoms with Crippen molar-refractivity contribution in [3.8, 4) is 0 Å². The summed E-state index contributed by atoms with van der Waals surface area (Å²) in [4.78, 5) is 0. The summed E-state index contributed by atoms with van der Waals surface area (Å²) in [6.45, 7) is 3.89. The van der Waals surface area contributed by atoms with E-state index >= 15 is 0 Å². The Morgan fingerprint density at radius 3 is 2.36 bits per heavy atom. The molecule has 0 aromatic heterocycles. The highest BCUT2D eigenvalue weighted by atomic mass is 14.6. The zero-order valence-electron chi connectivity index (χ0n) is 7.75. The fourth-order valence-electron chi connectivity index (χ4n) is 1.62. The van der Waals surface area contributed by atoms with Gasteiger partial charge in [0.1, 0.15) is 0 Å². The Labute approximate surface area is 82.5 Å². The fourth-order valence-corrected chi connectivity index (χ4v) is 1.62. The Bertz CT molecular complexity index is 503. The van der Waals surface area contributed by atoms with Gasteiger partial charge in [0.25, 0.3) is 0 Å². The molecule has 3 nitrogen and oxygen atoms in total. The van der Waals surface area contributed by atoms with E-state index in [1.54, 1.807) is 6.07 Å². The summed E-state index contributed by atoms with van der Waals surface area (Å²) in [5.41, 5.74) is 20.0. The molecule has 14 heavy (non-hydrogen) atoms. The Morgan fingerprint density at radius 2 is 1.64 bits per heavy atom. The van der Waals surface area contributed by atoms with Crippen LogP contribution in [0.3, 0.4) is 0 Å². The van der Waals surface area contributed by atoms with Crippen molar-refractivity contribution in [2.75, 3.05) is 17.2 Å². The van der Waals surface area contributed by atoms with E-state index in [-0.39, 0.29) is 0 Å². The molecule has 0 saturated heterocycles. The molecule has 0 heterocycles. The van der Waals surface area contributed by atoms with Crippen LogP contribution in [-0.2, 0) is 0 Å². The van der Waals surface area contributed by atoms with Gasteiger partial charge in [0.15, 0.2) is 0 Å². The minimum absolute atomic E-state index is 0.577. The summed E-state index contributed by atoms with van der Waals surface area (Å²) >= 11 is 0. The maximum atomic E-state index is 5.84. The third kappa shape index (κ3) is 1.06. The van der Waals surface area contributed by atoms with E-state index < -0.39 is 0 Å². The molecule has 2 rings (SSSR count). The maximum Gasteiger partial charge on any atom is 0.0415 e. The number of rotatable bonds is 0. The molecule has 0 aliphatic heterocycles. The van der Waals surface area contributed by atoms with Gasteiger partial charge < -0.3 is 17.2 Å². The second-order valence-electron chi connectivity index (χ2n) is 3.30. The van der Waals surface area contributed by atoms with Crippen LogP contribution in [0.25, 0.3) is 10.8 Å². The van der Waals surface area contributed by atoms with Gasteiger partial charge in [-0.25, -0.2) is 0 Å². The first-order valence-electron chi connectivity index (χ1n) is 4.29. The molecule has 1 radical (unpaired) electrons. The molecular formula is C11H12N3. The van der Waals surface area contributed by atoms with E-state index in [0.717, 1.165) is 16.3 Å². The quantitative estimate of drug-likeness (QED) is 0.548. The van der Waals surface area contributed by atoms with Crippen molar-refractivity contribution in [2.24, 2.45) is 0 Å². The first-order valence-corrected chi connectivity index (χ1v) is 4.29. The van der Waals surface area contributed by atoms with Gasteiger partial charge in [-0.1, -0.05) is 12.1 Å². The summed E-state index contributed by atoms with van der Waals surface area (Å²) in [5, 5.41) is 1.76. The smallest absolute Gasteiger partial charge is 0.0415 e. The van der Waals surface area contributed by atoms with E-state index in [1.165, 1.54) is 0 Å². The van der Waals surface area contributed by atoms with Crippen LogP contribution in [-0.4, -0.2) is 0 Å². The van der Waals surface area contributed by atoms with Gasteiger partial charge in [0, 0.05) is 27.8 Å². The zero-order chi connectivity index (χ0) is 10.3. The van der Waals surface area contributed by atoms with Gasteiger partial charge >= 0.3 is 0 Å². The first-order chi connectivity index (χ1) is 6.61. The van der Waals surface area contributed by atoms with Crippen molar-refractivity contribution in [1.29, 1.82) is 0 Å². The SMILES string of the molecule is [CH2]c1c(N)cc(N)c2cccc(N)c12. The third-order valence-electron chi connectivity index (χ3n) is 2.37. The number of hydrogen-bond acceptors (Lipinski definition) is 3. The molecule has 0 aliphatic rings. The van der Waals surface area contributed by atoms with Crippen molar-refractivity contribution in [3.05, 3.63) is 36.8 Å². The Hall–Kier alpha value is -1.90. The lowest BCUT2D eigenvalue weighted by molar-refractivity contribution is 1.64. The van der Waals surface area contributed by atoms with Crippen LogP contribution in [0.5, 0.6) is 0 Å². The van der Waals surface area contributed by atoms with Gasteiger partial charge in [-0.05, 0) is 24.6 Å². The molecule has 0 unspecified atom stereocenters. The van der Waals surface area contributed by atoms with Crippen molar-refractivity contribution in [1.82, 2.24) is 0 Å². The van der Waals surface area contributed by atoms with E-state index in [9.17, 15) is 0 Å². The number of nitrogens with two attached hydrogens (primary N) is 3. The molecule has 3 heteroatoms. The van der Waals surface area contributed by atoms with Gasteiger partial charge in [0.2, 0.25) is 0 Å². The highest BCUT2D eigenvalue weighted by molar-refractivity contribution is 6.05. The van der Waals surface area contributed by atoms with E-state index in [0.29, 0.717) is 17.1 Å². The average Bonchev–Trinajstić information content (AvgIpc) is 2.14. The summed E-state index contributed by atoms with van der Waals surface area (Å²) in [6.07, 6.45) is 0. The average molecular weight is 186 g/mol. The lowest BCUT2D eigenvalue weighted by Gasteiger charge is -2.10. The molecule has 0 bridgehead atoms. The normalized spacial score (nSPS) is 10.6. The van der Waals surface area contributed by atoms with E-state index in [4.69, 9.17) is 17.2 Å². The highest BCUT2D eigenvalue weighted by Crippen LogP contribution is 2.32. The largest absolute Gasteiger partial charge is 0.398 e. The van der Waals surface area contributed by atoms with Crippen LogP contribution in [0.15, 0.2) is 24.3 Å². The molecule has 0 amide bonds. The fraction of sp³-hybridized carbons (Fsp3) is 0. The molecule has 6 N–H and O–H groups in total. The molecule has 2 aromatic rings. The Balaban J connectivity index is 3.03. The molecule has 0 spiro atoms. The highest BCUT2D eigenvalue weighted by Gasteiger charge is 2.07. The van der Waals surface area contributed by atoms with Crippen LogP contribution in [0.1, 0.15) is 5.56 Å². The monoisotopic (exact) mass is 186 g/mol. The van der Waals surface area contributed by atoms with Crippen LogP contribution >= 0.6 is 0 Å². The minimum Gasteiger partial charge on any atom is -0.398 e. The van der Waals surface area contributed by atoms with Crippen molar-refractivity contribution in [3.63, 3.8) is 0 Å². The molecule has 2 aromatic carbocycles. The van der Waals surface area contributed by atoms with Crippen LogP contribution in [0.2, 0.25) is 0 Å². The van der Waals surface area contributed by atoms with Crippen LogP contribution < -0.4 is 17.2 Å². The molecule has 71 valence electrons. The number of hydrogen-bond donors (Lipinski definition) is 3. The molecule has 0 aliphatic carbocycles. The van der Waals surface area contributed by atoms with E-state index in [1.807, 2.05) is 18.2 Å². The van der Waals surface area contributed by atoms with Crippen LogP contribution in [0.4, 0.5) is 17.1 Å². The molecule has 0 saturated carbocycles. The molecular weight excluding hydrogens is 174 g/mol. The van der Waals surface area contributed by atoms with Crippen molar-refractivity contribution >= 4 is 27.8 Å². The molecule has 0 fully saturated rings. The first kappa shape index (κ1) is 8.69. The van der Waals surface area contributed by atoms with Crippen LogP contribution in [0, 0.1) is 6.92 Å². The van der Waals surface area contributed by atoms with Crippen molar-refractivity contribution < 1.29 is 0 Å². The number of fused-ring (bicyclic) bond motifs is 1. The maximum absolute atomic E-state index is 5.84. The number of anilines is 3. The lowest BCUT2D eigenvalue weighted by atomic mass is 10.0. The lowest BCUT2D eigenvalue weighted by Crippen LogP contribution is -1.98. The van der Waals surface area contributed by atoms with E-state index in [2.05, 4.69) is 6.92 Å². The summed E-state index contributed by atoms with van der Waals surface area (Å²) in [7, 11) is 0. The Kier molecular flexibility index (Phi) is 1.74. The predicted octanol–water partition coefficient (Wildman–Crippen LogP) is 1.77. The topological polar surface area (TPSA) is 78.1 Å². The van der Waals surface area contributed by atoms with Crippen molar-refractivity contribution in [2.45, 2.75) is 0 Å². The number of benzene rings is 2. The molecule has 0 atom stereocenters. The summed E-state index contributed by atoms with van der Waals surface area (Å²) in [6, 6.07) is 7.30. The zero-order valence-corrected chi connectivity index (χ0v) is 7.75. The Morgan fingerprint density at radius 1 is 0.929 bits per heavy atom. The van der Waals surface area contributed by atoms with Gasteiger partial charge in [-0.15, -0.1) is 0 Å². The second-order valence-corrected chi connectivity index (χ2v) is 3.30. The van der Waals surface area contributed by atoms with Gasteiger partial charge in [0.05, 0.1) is 0 Å². The minimum atomic E-state index is 0.577. The summed E-state index contributed by atoms with van der Waals surface area (Å²) in [5.74, 6) is 0. The third-order valence-corrected chi connectivity index (χ3v) is 2.37. The second kappa shape index (κ2) is 2.80. The van der Waals surface area contributed by atoms with Gasteiger partial charge in [-0.2, -0.15) is 0 Å².